The normalized spacial score (nSPS) is 11.0. The smallest absolute Gasteiger partial charge is 0.145 e. The highest BCUT2D eigenvalue weighted by Gasteiger charge is 2.12. The van der Waals surface area contributed by atoms with Gasteiger partial charge in [0.05, 0.1) is 5.39 Å². The Hall–Kier alpha value is -2.43. The average molecular weight is 253 g/mol. The van der Waals surface area contributed by atoms with E-state index in [1.54, 1.807) is 6.20 Å². The average Bonchev–Trinajstić information content (AvgIpc) is 2.79. The second-order valence-electron chi connectivity index (χ2n) is 4.44. The molecule has 0 aliphatic rings. The maximum Gasteiger partial charge on any atom is 0.145 e. The molecule has 0 aliphatic heterocycles. The third-order valence-electron chi connectivity index (χ3n) is 3.22. The molecule has 3 aromatic rings. The Labute approximate surface area is 111 Å². The molecule has 2 N–H and O–H groups in total. The van der Waals surface area contributed by atoms with Gasteiger partial charge in [0.15, 0.2) is 0 Å². The van der Waals surface area contributed by atoms with E-state index in [1.165, 1.54) is 6.33 Å². The highest BCUT2D eigenvalue weighted by atomic mass is 15.1. The van der Waals surface area contributed by atoms with Gasteiger partial charge in [-0.25, -0.2) is 9.97 Å². The first-order valence-corrected chi connectivity index (χ1v) is 6.26. The van der Waals surface area contributed by atoms with Gasteiger partial charge in [-0.2, -0.15) is 0 Å². The number of anilines is 1. The Kier molecular flexibility index (Phi) is 2.87. The van der Waals surface area contributed by atoms with E-state index >= 15 is 0 Å². The van der Waals surface area contributed by atoms with Crippen LogP contribution in [0.1, 0.15) is 18.1 Å². The third-order valence-corrected chi connectivity index (χ3v) is 3.22. The van der Waals surface area contributed by atoms with Gasteiger partial charge in [0, 0.05) is 31.6 Å². The Morgan fingerprint density at radius 2 is 2.21 bits per heavy atom. The largest absolute Gasteiger partial charge is 0.383 e. The maximum absolute atomic E-state index is 6.00. The first kappa shape index (κ1) is 11.6. The molecule has 0 bridgehead atoms. The van der Waals surface area contributed by atoms with Crippen molar-refractivity contribution in [3.63, 3.8) is 0 Å². The summed E-state index contributed by atoms with van der Waals surface area (Å²) in [6.45, 7) is 2.95. The highest BCUT2D eigenvalue weighted by molar-refractivity contribution is 5.90. The lowest BCUT2D eigenvalue weighted by Gasteiger charge is -2.01. The zero-order chi connectivity index (χ0) is 13.2. The number of pyridine rings is 1. The van der Waals surface area contributed by atoms with Gasteiger partial charge in [-0.05, 0) is 24.1 Å². The molecule has 3 rings (SSSR count). The number of fused-ring (bicyclic) bond motifs is 1. The van der Waals surface area contributed by atoms with Crippen LogP contribution in [-0.4, -0.2) is 19.5 Å². The number of nitrogens with two attached hydrogens (primary N) is 1. The minimum absolute atomic E-state index is 0.538. The fraction of sp³-hybridized carbons (Fsp3) is 0.214. The van der Waals surface area contributed by atoms with Crippen molar-refractivity contribution in [1.82, 2.24) is 19.5 Å². The van der Waals surface area contributed by atoms with Gasteiger partial charge in [0.1, 0.15) is 17.8 Å². The zero-order valence-electron chi connectivity index (χ0n) is 10.7. The molecule has 3 aromatic heterocycles. The monoisotopic (exact) mass is 253 g/mol. The summed E-state index contributed by atoms with van der Waals surface area (Å²) < 4.78 is 2.10. The number of aryl methyl sites for hydroxylation is 1. The molecule has 0 saturated heterocycles. The quantitative estimate of drug-likeness (QED) is 0.775. The lowest BCUT2D eigenvalue weighted by molar-refractivity contribution is 0.783. The second-order valence-corrected chi connectivity index (χ2v) is 4.44. The van der Waals surface area contributed by atoms with Crippen molar-refractivity contribution in [3.8, 4) is 0 Å². The molecule has 0 radical (unpaired) electrons. The number of hydrogen-bond acceptors (Lipinski definition) is 4. The van der Waals surface area contributed by atoms with Gasteiger partial charge in [-0.1, -0.05) is 6.07 Å². The first-order chi connectivity index (χ1) is 9.29. The molecule has 5 heteroatoms. The predicted molar refractivity (Wildman–Crippen MR) is 74.7 cm³/mol. The van der Waals surface area contributed by atoms with E-state index in [0.717, 1.165) is 35.1 Å². The number of nitrogens with zero attached hydrogens (tertiary/aromatic N) is 4. The van der Waals surface area contributed by atoms with Crippen LogP contribution < -0.4 is 5.73 Å². The molecule has 96 valence electrons. The van der Waals surface area contributed by atoms with Crippen LogP contribution in [0.2, 0.25) is 0 Å². The topological polar surface area (TPSA) is 69.6 Å². The van der Waals surface area contributed by atoms with E-state index in [-0.39, 0.29) is 0 Å². The van der Waals surface area contributed by atoms with Crippen LogP contribution in [0.15, 0.2) is 37.1 Å². The highest BCUT2D eigenvalue weighted by Crippen LogP contribution is 2.25. The lowest BCUT2D eigenvalue weighted by Crippen LogP contribution is -1.96. The number of hydrogen-bond donors (Lipinski definition) is 1. The van der Waals surface area contributed by atoms with Crippen LogP contribution in [0.4, 0.5) is 5.82 Å². The minimum Gasteiger partial charge on any atom is -0.383 e. The van der Waals surface area contributed by atoms with E-state index in [2.05, 4.69) is 38.7 Å². The van der Waals surface area contributed by atoms with Crippen molar-refractivity contribution in [2.45, 2.75) is 19.9 Å². The van der Waals surface area contributed by atoms with Crippen LogP contribution in [0.25, 0.3) is 11.0 Å². The standard InChI is InChI=1S/C14H15N5/c1-2-19-8-11(6-10-4-3-5-16-7-10)12-13(15)17-9-18-14(12)19/h3-5,7-9H,2,6H2,1H3,(H2,15,17,18). The summed E-state index contributed by atoms with van der Waals surface area (Å²) in [4.78, 5) is 12.6. The number of nitrogen functional groups attached to an aromatic ring is 1. The Morgan fingerprint density at radius 3 is 2.95 bits per heavy atom. The second kappa shape index (κ2) is 4.68. The molecular formula is C14H15N5. The van der Waals surface area contributed by atoms with Crippen molar-refractivity contribution in [2.75, 3.05) is 5.73 Å². The van der Waals surface area contributed by atoms with Crippen LogP contribution in [0.3, 0.4) is 0 Å². The van der Waals surface area contributed by atoms with Crippen LogP contribution in [0.5, 0.6) is 0 Å². The van der Waals surface area contributed by atoms with Gasteiger partial charge in [0.2, 0.25) is 0 Å². The molecule has 0 spiro atoms. The summed E-state index contributed by atoms with van der Waals surface area (Å²) in [6, 6.07) is 4.00. The molecule has 3 heterocycles. The SMILES string of the molecule is CCn1cc(Cc2cccnc2)c2c(N)ncnc21. The van der Waals surface area contributed by atoms with E-state index in [1.807, 2.05) is 12.3 Å². The van der Waals surface area contributed by atoms with Crippen molar-refractivity contribution in [3.05, 3.63) is 48.2 Å². The van der Waals surface area contributed by atoms with Crippen molar-refractivity contribution < 1.29 is 0 Å². The van der Waals surface area contributed by atoms with E-state index in [0.29, 0.717) is 5.82 Å². The summed E-state index contributed by atoms with van der Waals surface area (Å²) in [6.07, 6.45) is 8.04. The van der Waals surface area contributed by atoms with Crippen molar-refractivity contribution in [2.24, 2.45) is 0 Å². The van der Waals surface area contributed by atoms with E-state index < -0.39 is 0 Å². The first-order valence-electron chi connectivity index (χ1n) is 6.26. The van der Waals surface area contributed by atoms with E-state index in [4.69, 9.17) is 5.73 Å². The van der Waals surface area contributed by atoms with Crippen molar-refractivity contribution >= 4 is 16.9 Å². The Balaban J connectivity index is 2.13. The predicted octanol–water partition coefficient (Wildman–Crippen LogP) is 2.02. The summed E-state index contributed by atoms with van der Waals surface area (Å²) in [5.74, 6) is 0.538. The molecule has 5 nitrogen and oxygen atoms in total. The Morgan fingerprint density at radius 1 is 1.32 bits per heavy atom. The fourth-order valence-electron chi connectivity index (χ4n) is 2.33. The molecule has 0 unspecified atom stereocenters. The number of rotatable bonds is 3. The molecule has 0 fully saturated rings. The van der Waals surface area contributed by atoms with Gasteiger partial charge in [-0.15, -0.1) is 0 Å². The summed E-state index contributed by atoms with van der Waals surface area (Å²) >= 11 is 0. The molecule has 0 aromatic carbocycles. The molecule has 0 aliphatic carbocycles. The lowest BCUT2D eigenvalue weighted by atomic mass is 10.1. The van der Waals surface area contributed by atoms with Gasteiger partial charge >= 0.3 is 0 Å². The molecular weight excluding hydrogens is 238 g/mol. The molecule has 0 amide bonds. The minimum atomic E-state index is 0.538. The van der Waals surface area contributed by atoms with Gasteiger partial charge in [-0.3, -0.25) is 4.98 Å². The van der Waals surface area contributed by atoms with E-state index in [9.17, 15) is 0 Å². The van der Waals surface area contributed by atoms with Gasteiger partial charge in [0.25, 0.3) is 0 Å². The summed E-state index contributed by atoms with van der Waals surface area (Å²) in [5, 5.41) is 0.952. The van der Waals surface area contributed by atoms with Gasteiger partial charge < -0.3 is 10.3 Å². The third kappa shape index (κ3) is 2.03. The summed E-state index contributed by atoms with van der Waals surface area (Å²) in [7, 11) is 0. The zero-order valence-corrected chi connectivity index (χ0v) is 10.7. The van der Waals surface area contributed by atoms with Crippen LogP contribution in [0, 0.1) is 0 Å². The molecule has 0 atom stereocenters. The molecule has 0 saturated carbocycles. The Bertz CT molecular complexity index is 702. The number of aromatic nitrogens is 4. The van der Waals surface area contributed by atoms with Crippen LogP contribution in [-0.2, 0) is 13.0 Å². The maximum atomic E-state index is 6.00. The summed E-state index contributed by atoms with van der Waals surface area (Å²) in [5.41, 5.74) is 9.19. The van der Waals surface area contributed by atoms with Crippen LogP contribution >= 0.6 is 0 Å². The fourth-order valence-corrected chi connectivity index (χ4v) is 2.33. The molecule has 19 heavy (non-hydrogen) atoms. The van der Waals surface area contributed by atoms with Crippen molar-refractivity contribution in [1.29, 1.82) is 0 Å².